The zero-order chi connectivity index (χ0) is 19.3. The Hall–Kier alpha value is -1.49. The van der Waals surface area contributed by atoms with Crippen molar-refractivity contribution in [3.8, 4) is 0 Å². The molecule has 1 amide bonds. The van der Waals surface area contributed by atoms with E-state index in [9.17, 15) is 21.6 Å². The van der Waals surface area contributed by atoms with E-state index < -0.39 is 26.0 Å². The fourth-order valence-electron chi connectivity index (χ4n) is 2.11. The molecule has 0 aromatic heterocycles. The van der Waals surface area contributed by atoms with Gasteiger partial charge >= 0.3 is 0 Å². The molecule has 0 spiro atoms. The minimum Gasteiger partial charge on any atom is -0.278 e. The van der Waals surface area contributed by atoms with Crippen molar-refractivity contribution in [1.82, 2.24) is 14.6 Å². The van der Waals surface area contributed by atoms with Crippen LogP contribution in [-0.2, 0) is 24.8 Å². The summed E-state index contributed by atoms with van der Waals surface area (Å²) in [5.74, 6) is -0.353. The molecule has 8 nitrogen and oxygen atoms in total. The number of carbonyl (C=O) groups is 1. The molecule has 0 radical (unpaired) electrons. The summed E-state index contributed by atoms with van der Waals surface area (Å²) in [6.45, 7) is 7.77. The van der Waals surface area contributed by atoms with E-state index in [4.69, 9.17) is 0 Å². The summed E-state index contributed by atoms with van der Waals surface area (Å²) < 4.78 is 50.3. The van der Waals surface area contributed by atoms with Crippen LogP contribution in [0.4, 0.5) is 0 Å². The van der Waals surface area contributed by atoms with Gasteiger partial charge in [0.05, 0.1) is 9.79 Å². The fourth-order valence-corrected chi connectivity index (χ4v) is 4.43. The van der Waals surface area contributed by atoms with Gasteiger partial charge in [0.2, 0.25) is 15.9 Å². The van der Waals surface area contributed by atoms with Crippen molar-refractivity contribution in [2.75, 3.05) is 13.1 Å². The molecule has 10 heteroatoms. The molecule has 0 aliphatic carbocycles. The second-order valence-corrected chi connectivity index (χ2v) is 9.43. The summed E-state index contributed by atoms with van der Waals surface area (Å²) in [5.41, 5.74) is 2.13. The molecule has 0 aliphatic rings. The number of nitrogens with one attached hydrogen (secondary N) is 2. The van der Waals surface area contributed by atoms with E-state index in [1.54, 1.807) is 13.8 Å². The lowest BCUT2D eigenvalue weighted by Gasteiger charge is -2.18. The standard InChI is InChI=1S/C15H25N3O5S2/c1-5-18(6-2)25(22,23)14-9-7-13(8-10-14)24(20,21)17-16-15(19)11-12(3)4/h7-10,12,17H,5-6,11H2,1-4H3,(H,16,19). The van der Waals surface area contributed by atoms with Gasteiger partial charge in [0.1, 0.15) is 0 Å². The van der Waals surface area contributed by atoms with E-state index in [2.05, 4.69) is 5.43 Å². The highest BCUT2D eigenvalue weighted by Crippen LogP contribution is 2.18. The molecule has 0 bridgehead atoms. The first-order chi connectivity index (χ1) is 11.5. The normalized spacial score (nSPS) is 12.6. The topological polar surface area (TPSA) is 113 Å². The van der Waals surface area contributed by atoms with Gasteiger partial charge in [0.15, 0.2) is 0 Å². The second kappa shape index (κ2) is 8.75. The molecule has 0 saturated heterocycles. The van der Waals surface area contributed by atoms with E-state index in [1.807, 2.05) is 18.7 Å². The maximum Gasteiger partial charge on any atom is 0.257 e. The molecule has 142 valence electrons. The van der Waals surface area contributed by atoms with Gasteiger partial charge in [-0.15, -0.1) is 4.83 Å². The Labute approximate surface area is 149 Å². The maximum atomic E-state index is 12.4. The first-order valence-corrected chi connectivity index (χ1v) is 10.9. The van der Waals surface area contributed by atoms with Crippen LogP contribution in [-0.4, -0.2) is 40.1 Å². The molecular weight excluding hydrogens is 366 g/mol. The number of hydrazine groups is 1. The van der Waals surface area contributed by atoms with Gasteiger partial charge < -0.3 is 0 Å². The summed E-state index contributed by atoms with van der Waals surface area (Å²) >= 11 is 0. The predicted octanol–water partition coefficient (Wildman–Crippen LogP) is 1.07. The van der Waals surface area contributed by atoms with Crippen LogP contribution in [0.25, 0.3) is 0 Å². The van der Waals surface area contributed by atoms with Crippen molar-refractivity contribution in [1.29, 1.82) is 0 Å². The summed E-state index contributed by atoms with van der Waals surface area (Å²) in [4.78, 5) is 13.4. The Bertz CT molecular complexity index is 783. The Balaban J connectivity index is 2.93. The first-order valence-electron chi connectivity index (χ1n) is 7.95. The van der Waals surface area contributed by atoms with Crippen LogP contribution in [0.5, 0.6) is 0 Å². The van der Waals surface area contributed by atoms with Gasteiger partial charge in [-0.3, -0.25) is 10.2 Å². The van der Waals surface area contributed by atoms with Crippen LogP contribution in [0.2, 0.25) is 0 Å². The highest BCUT2D eigenvalue weighted by Gasteiger charge is 2.23. The van der Waals surface area contributed by atoms with Gasteiger partial charge in [-0.05, 0) is 30.2 Å². The first kappa shape index (κ1) is 21.6. The van der Waals surface area contributed by atoms with Crippen molar-refractivity contribution in [2.24, 2.45) is 5.92 Å². The monoisotopic (exact) mass is 391 g/mol. The van der Waals surface area contributed by atoms with Gasteiger partial charge in [0, 0.05) is 19.5 Å². The molecule has 2 N–H and O–H groups in total. The van der Waals surface area contributed by atoms with Gasteiger partial charge in [-0.25, -0.2) is 16.8 Å². The molecule has 1 rings (SSSR count). The Kier molecular flexibility index (Phi) is 7.54. The lowest BCUT2D eigenvalue weighted by atomic mass is 10.1. The molecule has 0 atom stereocenters. The van der Waals surface area contributed by atoms with Crippen LogP contribution < -0.4 is 10.3 Å². The molecule has 25 heavy (non-hydrogen) atoms. The van der Waals surface area contributed by atoms with Crippen molar-refractivity contribution in [3.63, 3.8) is 0 Å². The van der Waals surface area contributed by atoms with Crippen molar-refractivity contribution in [3.05, 3.63) is 24.3 Å². The van der Waals surface area contributed by atoms with Crippen molar-refractivity contribution >= 4 is 26.0 Å². The molecular formula is C15H25N3O5S2. The third-order valence-corrected chi connectivity index (χ3v) is 6.72. The lowest BCUT2D eigenvalue weighted by Crippen LogP contribution is -2.41. The van der Waals surface area contributed by atoms with Crippen molar-refractivity contribution in [2.45, 2.75) is 43.9 Å². The van der Waals surface area contributed by atoms with Crippen LogP contribution in [0, 0.1) is 5.92 Å². The summed E-state index contributed by atoms with van der Waals surface area (Å²) in [7, 11) is -7.63. The minimum absolute atomic E-state index is 0.0130. The van der Waals surface area contributed by atoms with Crippen molar-refractivity contribution < 1.29 is 21.6 Å². The van der Waals surface area contributed by atoms with E-state index >= 15 is 0 Å². The zero-order valence-electron chi connectivity index (χ0n) is 14.8. The third kappa shape index (κ3) is 5.77. The number of hydrogen-bond donors (Lipinski definition) is 2. The predicted molar refractivity (Wildman–Crippen MR) is 94.5 cm³/mol. The van der Waals surface area contributed by atoms with E-state index in [0.29, 0.717) is 13.1 Å². The number of rotatable bonds is 9. The highest BCUT2D eigenvalue weighted by molar-refractivity contribution is 7.89. The number of nitrogens with zero attached hydrogens (tertiary/aromatic N) is 1. The fraction of sp³-hybridized carbons (Fsp3) is 0.533. The maximum absolute atomic E-state index is 12.4. The smallest absolute Gasteiger partial charge is 0.257 e. The molecule has 0 heterocycles. The number of carbonyl (C=O) groups excluding carboxylic acids is 1. The Morgan fingerprint density at radius 2 is 1.48 bits per heavy atom. The average molecular weight is 392 g/mol. The van der Waals surface area contributed by atoms with Crippen LogP contribution in [0.1, 0.15) is 34.1 Å². The van der Waals surface area contributed by atoms with Gasteiger partial charge in [-0.1, -0.05) is 27.7 Å². The summed E-state index contributed by atoms with van der Waals surface area (Å²) in [6.07, 6.45) is 0.184. The van der Waals surface area contributed by atoms with Crippen LogP contribution >= 0.6 is 0 Å². The number of amides is 1. The average Bonchev–Trinajstić information content (AvgIpc) is 2.53. The number of benzene rings is 1. The SMILES string of the molecule is CCN(CC)S(=O)(=O)c1ccc(S(=O)(=O)NNC(=O)CC(C)C)cc1. The molecule has 1 aromatic carbocycles. The molecule has 0 fully saturated rings. The molecule has 1 aromatic rings. The Morgan fingerprint density at radius 1 is 1.00 bits per heavy atom. The van der Waals surface area contributed by atoms with Crippen LogP contribution in [0.15, 0.2) is 34.1 Å². The quantitative estimate of drug-likeness (QED) is 0.612. The second-order valence-electron chi connectivity index (χ2n) is 5.81. The van der Waals surface area contributed by atoms with Gasteiger partial charge in [-0.2, -0.15) is 4.31 Å². The molecule has 0 saturated carbocycles. The highest BCUT2D eigenvalue weighted by atomic mass is 32.2. The van der Waals surface area contributed by atoms with E-state index in [1.165, 1.54) is 28.6 Å². The lowest BCUT2D eigenvalue weighted by molar-refractivity contribution is -0.122. The molecule has 0 unspecified atom stereocenters. The molecule has 0 aliphatic heterocycles. The van der Waals surface area contributed by atoms with Crippen LogP contribution in [0.3, 0.4) is 0 Å². The largest absolute Gasteiger partial charge is 0.278 e. The summed E-state index contributed by atoms with van der Waals surface area (Å²) in [6, 6.07) is 4.84. The number of hydrogen-bond acceptors (Lipinski definition) is 5. The van der Waals surface area contributed by atoms with Gasteiger partial charge in [0.25, 0.3) is 10.0 Å². The number of sulfonamides is 2. The zero-order valence-corrected chi connectivity index (χ0v) is 16.4. The Morgan fingerprint density at radius 3 is 1.92 bits per heavy atom. The third-order valence-electron chi connectivity index (χ3n) is 3.40. The minimum atomic E-state index is -3.98. The summed E-state index contributed by atoms with van der Waals surface area (Å²) in [5, 5.41) is 0. The van der Waals surface area contributed by atoms with E-state index in [0.717, 1.165) is 0 Å². The van der Waals surface area contributed by atoms with E-state index in [-0.39, 0.29) is 22.1 Å².